The molecule has 0 aliphatic heterocycles. The molecule has 0 heterocycles. The minimum Gasteiger partial charge on any atom is -0.508 e. The van der Waals surface area contributed by atoms with Gasteiger partial charge in [0.25, 0.3) is 0 Å². The number of aromatic hydroxyl groups is 2. The molecule has 0 spiro atoms. The van der Waals surface area contributed by atoms with Gasteiger partial charge in [0, 0.05) is 17.3 Å². The van der Waals surface area contributed by atoms with E-state index >= 15 is 0 Å². The molecular weight excluding hydrogens is 242 g/mol. The highest BCUT2D eigenvalue weighted by molar-refractivity contribution is 5.94. The van der Waals surface area contributed by atoms with E-state index < -0.39 is 0 Å². The van der Waals surface area contributed by atoms with Crippen LogP contribution in [0.2, 0.25) is 0 Å². The Balaban J connectivity index is 2.22. The Morgan fingerprint density at radius 1 is 1.11 bits per heavy atom. The van der Waals surface area contributed by atoms with E-state index in [4.69, 9.17) is 0 Å². The Bertz CT molecular complexity index is 630. The number of benzene rings is 2. The van der Waals surface area contributed by atoms with Crippen molar-refractivity contribution < 1.29 is 15.0 Å². The molecule has 0 aliphatic rings. The minimum atomic E-state index is 0.00107. The fraction of sp³-hybridized carbons (Fsp3) is 0.0667. The summed E-state index contributed by atoms with van der Waals surface area (Å²) in [5.41, 5.74) is 1.71. The van der Waals surface area contributed by atoms with E-state index in [0.717, 1.165) is 0 Å². The molecule has 0 saturated heterocycles. The van der Waals surface area contributed by atoms with Gasteiger partial charge in [-0.1, -0.05) is 0 Å². The zero-order valence-electron chi connectivity index (χ0n) is 10.4. The molecule has 0 aliphatic carbocycles. The van der Waals surface area contributed by atoms with E-state index in [1.165, 1.54) is 31.3 Å². The maximum absolute atomic E-state index is 11.1. The first-order valence-corrected chi connectivity index (χ1v) is 5.73. The fourth-order valence-electron chi connectivity index (χ4n) is 1.57. The third kappa shape index (κ3) is 3.19. The minimum absolute atomic E-state index is 0.00107. The summed E-state index contributed by atoms with van der Waals surface area (Å²) >= 11 is 0. The lowest BCUT2D eigenvalue weighted by Gasteiger charge is -2.00. The normalized spacial score (nSPS) is 10.8. The van der Waals surface area contributed by atoms with Gasteiger partial charge < -0.3 is 10.2 Å². The number of rotatable bonds is 3. The average Bonchev–Trinajstić information content (AvgIpc) is 2.40. The van der Waals surface area contributed by atoms with Crippen LogP contribution in [0.4, 0.5) is 5.69 Å². The van der Waals surface area contributed by atoms with Crippen LogP contribution in [-0.4, -0.2) is 22.2 Å². The molecule has 2 aromatic carbocycles. The van der Waals surface area contributed by atoms with Crippen LogP contribution in [0.25, 0.3) is 0 Å². The second-order valence-corrected chi connectivity index (χ2v) is 4.10. The molecule has 0 bridgehead atoms. The van der Waals surface area contributed by atoms with Crippen LogP contribution < -0.4 is 0 Å². The molecule has 0 amide bonds. The summed E-state index contributed by atoms with van der Waals surface area (Å²) in [7, 11) is 0. The lowest BCUT2D eigenvalue weighted by Crippen LogP contribution is -1.89. The van der Waals surface area contributed by atoms with Crippen LogP contribution in [0, 0.1) is 0 Å². The number of nitrogens with zero attached hydrogens (tertiary/aromatic N) is 1. The number of carbonyl (C=O) groups is 1. The van der Waals surface area contributed by atoms with Crippen LogP contribution in [0.5, 0.6) is 11.5 Å². The maximum atomic E-state index is 11.1. The third-order valence-electron chi connectivity index (χ3n) is 2.64. The standard InChI is InChI=1S/C15H13NO3/c1-10(17)11-2-4-13(5-3-11)16-9-12-8-14(18)6-7-15(12)19/h2-9,18-19H,1H3. The Hall–Kier alpha value is -2.62. The van der Waals surface area contributed by atoms with Gasteiger partial charge >= 0.3 is 0 Å². The van der Waals surface area contributed by atoms with Gasteiger partial charge in [0.1, 0.15) is 11.5 Å². The number of aliphatic imine (C=N–C) groups is 1. The van der Waals surface area contributed by atoms with E-state index in [1.807, 2.05) is 0 Å². The van der Waals surface area contributed by atoms with Crippen LogP contribution >= 0.6 is 0 Å². The van der Waals surface area contributed by atoms with Gasteiger partial charge in [-0.15, -0.1) is 0 Å². The van der Waals surface area contributed by atoms with Crippen molar-refractivity contribution in [1.29, 1.82) is 0 Å². The predicted molar refractivity (Wildman–Crippen MR) is 73.5 cm³/mol. The van der Waals surface area contributed by atoms with E-state index in [0.29, 0.717) is 16.8 Å². The van der Waals surface area contributed by atoms with E-state index in [-0.39, 0.29) is 17.3 Å². The first-order chi connectivity index (χ1) is 9.06. The smallest absolute Gasteiger partial charge is 0.159 e. The Morgan fingerprint density at radius 2 is 1.79 bits per heavy atom. The van der Waals surface area contributed by atoms with Crippen molar-refractivity contribution >= 4 is 17.7 Å². The third-order valence-corrected chi connectivity index (χ3v) is 2.64. The van der Waals surface area contributed by atoms with Gasteiger partial charge in [0.15, 0.2) is 5.78 Å². The maximum Gasteiger partial charge on any atom is 0.159 e. The molecule has 19 heavy (non-hydrogen) atoms. The number of phenols is 2. The summed E-state index contributed by atoms with van der Waals surface area (Å²) in [5, 5.41) is 18.9. The predicted octanol–water partition coefficient (Wildman–Crippen LogP) is 3.05. The van der Waals surface area contributed by atoms with Crippen molar-refractivity contribution in [2.75, 3.05) is 0 Å². The van der Waals surface area contributed by atoms with Crippen molar-refractivity contribution in [2.24, 2.45) is 4.99 Å². The van der Waals surface area contributed by atoms with Gasteiger partial charge in [-0.3, -0.25) is 9.79 Å². The average molecular weight is 255 g/mol. The molecule has 4 heteroatoms. The topological polar surface area (TPSA) is 69.9 Å². The fourth-order valence-corrected chi connectivity index (χ4v) is 1.57. The van der Waals surface area contributed by atoms with Crippen molar-refractivity contribution in [2.45, 2.75) is 6.92 Å². The van der Waals surface area contributed by atoms with E-state index in [1.54, 1.807) is 24.3 Å². The molecule has 0 atom stereocenters. The molecular formula is C15H13NO3. The Kier molecular flexibility index (Phi) is 3.61. The number of ketones is 1. The largest absolute Gasteiger partial charge is 0.508 e. The SMILES string of the molecule is CC(=O)c1ccc(N=Cc2cc(O)ccc2O)cc1. The summed E-state index contributed by atoms with van der Waals surface area (Å²) in [5.74, 6) is 0.106. The molecule has 0 radical (unpaired) electrons. The first kappa shape index (κ1) is 12.8. The van der Waals surface area contributed by atoms with Gasteiger partial charge in [-0.2, -0.15) is 0 Å². The van der Waals surface area contributed by atoms with Crippen LogP contribution in [-0.2, 0) is 0 Å². The van der Waals surface area contributed by atoms with Crippen LogP contribution in [0.3, 0.4) is 0 Å². The lowest BCUT2D eigenvalue weighted by atomic mass is 10.1. The molecule has 0 saturated carbocycles. The second kappa shape index (κ2) is 5.35. The van der Waals surface area contributed by atoms with Crippen LogP contribution in [0.1, 0.15) is 22.8 Å². The quantitative estimate of drug-likeness (QED) is 0.503. The molecule has 96 valence electrons. The van der Waals surface area contributed by atoms with Crippen molar-refractivity contribution in [3.8, 4) is 11.5 Å². The molecule has 2 aromatic rings. The van der Waals surface area contributed by atoms with E-state index in [9.17, 15) is 15.0 Å². The summed E-state index contributed by atoms with van der Waals surface area (Å²) in [4.78, 5) is 15.3. The number of phenolic OH excluding ortho intramolecular Hbond substituents is 2. The molecule has 0 aromatic heterocycles. The monoisotopic (exact) mass is 255 g/mol. The summed E-state index contributed by atoms with van der Waals surface area (Å²) in [6, 6.07) is 11.0. The van der Waals surface area contributed by atoms with Gasteiger partial charge in [0.05, 0.1) is 5.69 Å². The number of Topliss-reactive ketones (excluding diaryl/α,β-unsaturated/α-hetero) is 1. The first-order valence-electron chi connectivity index (χ1n) is 5.73. The Morgan fingerprint density at radius 3 is 2.42 bits per heavy atom. The number of hydrogen-bond donors (Lipinski definition) is 2. The number of hydrogen-bond acceptors (Lipinski definition) is 4. The number of carbonyl (C=O) groups excluding carboxylic acids is 1. The van der Waals surface area contributed by atoms with Gasteiger partial charge in [0.2, 0.25) is 0 Å². The molecule has 0 unspecified atom stereocenters. The molecule has 2 rings (SSSR count). The molecule has 0 fully saturated rings. The summed E-state index contributed by atoms with van der Waals surface area (Å²) in [6.07, 6.45) is 1.46. The van der Waals surface area contributed by atoms with Gasteiger partial charge in [-0.25, -0.2) is 0 Å². The zero-order chi connectivity index (χ0) is 13.8. The van der Waals surface area contributed by atoms with Crippen molar-refractivity contribution in [3.05, 3.63) is 53.6 Å². The van der Waals surface area contributed by atoms with Crippen LogP contribution in [0.15, 0.2) is 47.5 Å². The second-order valence-electron chi connectivity index (χ2n) is 4.10. The summed E-state index contributed by atoms with van der Waals surface area (Å²) in [6.45, 7) is 1.50. The lowest BCUT2D eigenvalue weighted by molar-refractivity contribution is 0.101. The van der Waals surface area contributed by atoms with Gasteiger partial charge in [-0.05, 0) is 49.4 Å². The summed E-state index contributed by atoms with van der Waals surface area (Å²) < 4.78 is 0. The zero-order valence-corrected chi connectivity index (χ0v) is 10.4. The highest BCUT2D eigenvalue weighted by atomic mass is 16.3. The molecule has 2 N–H and O–H groups in total. The Labute approximate surface area is 110 Å². The molecule has 4 nitrogen and oxygen atoms in total. The van der Waals surface area contributed by atoms with Crippen molar-refractivity contribution in [3.63, 3.8) is 0 Å². The highest BCUT2D eigenvalue weighted by Crippen LogP contribution is 2.21. The van der Waals surface area contributed by atoms with E-state index in [2.05, 4.69) is 4.99 Å². The van der Waals surface area contributed by atoms with Crippen molar-refractivity contribution in [1.82, 2.24) is 0 Å². The highest BCUT2D eigenvalue weighted by Gasteiger charge is 2.00.